The van der Waals surface area contributed by atoms with Crippen LogP contribution in [-0.2, 0) is 0 Å². The average molecular weight is 327 g/mol. The highest BCUT2D eigenvalue weighted by molar-refractivity contribution is 6.45. The summed E-state index contributed by atoms with van der Waals surface area (Å²) in [7, 11) is 0. The van der Waals surface area contributed by atoms with Crippen molar-refractivity contribution in [3.05, 3.63) is 81.8 Å². The fourth-order valence-electron chi connectivity index (χ4n) is 2.46. The molecule has 0 N–H and O–H groups in total. The molecule has 3 rings (SSSR count). The summed E-state index contributed by atoms with van der Waals surface area (Å²) in [5.41, 5.74) is 6.52. The Hall–Kier alpha value is -1.76. The number of aryl methyl sites for hydroxylation is 2. The molecular formula is C20H16Cl2. The van der Waals surface area contributed by atoms with Crippen LogP contribution in [0.4, 0.5) is 0 Å². The average Bonchev–Trinajstić information content (AvgIpc) is 2.52. The minimum absolute atomic E-state index is 0.601. The van der Waals surface area contributed by atoms with E-state index in [1.165, 1.54) is 11.1 Å². The van der Waals surface area contributed by atoms with Crippen LogP contribution in [0.25, 0.3) is 22.3 Å². The van der Waals surface area contributed by atoms with E-state index in [1.807, 2.05) is 12.1 Å². The summed E-state index contributed by atoms with van der Waals surface area (Å²) >= 11 is 13.0. The van der Waals surface area contributed by atoms with Crippen molar-refractivity contribution in [3.8, 4) is 22.3 Å². The maximum Gasteiger partial charge on any atom is 0.0676 e. The lowest BCUT2D eigenvalue weighted by Gasteiger charge is -2.11. The molecule has 0 radical (unpaired) electrons. The molecule has 0 aliphatic heterocycles. The Balaban J connectivity index is 2.08. The topological polar surface area (TPSA) is 0 Å². The Morgan fingerprint density at radius 2 is 0.818 bits per heavy atom. The Morgan fingerprint density at radius 3 is 1.14 bits per heavy atom. The monoisotopic (exact) mass is 326 g/mol. The lowest BCUT2D eigenvalue weighted by molar-refractivity contribution is 1.46. The van der Waals surface area contributed by atoms with Crippen molar-refractivity contribution in [2.75, 3.05) is 0 Å². The molecule has 22 heavy (non-hydrogen) atoms. The maximum atomic E-state index is 6.52. The first-order valence-electron chi connectivity index (χ1n) is 7.18. The van der Waals surface area contributed by atoms with Gasteiger partial charge in [-0.25, -0.2) is 0 Å². The molecule has 0 amide bonds. The highest BCUT2D eigenvalue weighted by Gasteiger charge is 2.12. The van der Waals surface area contributed by atoms with Crippen LogP contribution < -0.4 is 0 Å². The molecule has 0 fully saturated rings. The first-order valence-corrected chi connectivity index (χ1v) is 7.94. The summed E-state index contributed by atoms with van der Waals surface area (Å²) in [6.07, 6.45) is 0. The number of halogens is 2. The highest BCUT2D eigenvalue weighted by atomic mass is 35.5. The van der Waals surface area contributed by atoms with E-state index in [1.54, 1.807) is 0 Å². The van der Waals surface area contributed by atoms with E-state index in [0.29, 0.717) is 10.0 Å². The molecule has 0 spiro atoms. The minimum Gasteiger partial charge on any atom is -0.0820 e. The van der Waals surface area contributed by atoms with Crippen molar-refractivity contribution in [3.63, 3.8) is 0 Å². The molecule has 0 aliphatic rings. The second kappa shape index (κ2) is 6.16. The third-order valence-electron chi connectivity index (χ3n) is 3.81. The van der Waals surface area contributed by atoms with Gasteiger partial charge < -0.3 is 0 Å². The molecule has 0 saturated heterocycles. The molecule has 0 bridgehead atoms. The van der Waals surface area contributed by atoms with Crippen LogP contribution >= 0.6 is 23.2 Å². The normalized spacial score (nSPS) is 10.7. The molecule has 110 valence electrons. The summed E-state index contributed by atoms with van der Waals surface area (Å²) in [6, 6.07) is 20.7. The second-order valence-electron chi connectivity index (χ2n) is 5.52. The first kappa shape index (κ1) is 15.1. The van der Waals surface area contributed by atoms with Crippen LogP contribution in [0.1, 0.15) is 11.1 Å². The van der Waals surface area contributed by atoms with E-state index in [-0.39, 0.29) is 0 Å². The third kappa shape index (κ3) is 2.90. The van der Waals surface area contributed by atoms with E-state index in [9.17, 15) is 0 Å². The Morgan fingerprint density at radius 1 is 0.500 bits per heavy atom. The molecule has 0 aromatic heterocycles. The molecule has 0 nitrogen and oxygen atoms in total. The van der Waals surface area contributed by atoms with Gasteiger partial charge in [-0.1, -0.05) is 95.0 Å². The molecule has 0 saturated carbocycles. The van der Waals surface area contributed by atoms with Crippen LogP contribution in [0.3, 0.4) is 0 Å². The fraction of sp³-hybridized carbons (Fsp3) is 0.100. The molecule has 0 aliphatic carbocycles. The standard InChI is InChI=1S/C20H16Cl2/c1-13-3-7-15(8-4-13)17-11-12-18(20(22)19(17)21)16-9-5-14(2)6-10-16/h3-12H,1-2H3. The van der Waals surface area contributed by atoms with Crippen LogP contribution in [-0.4, -0.2) is 0 Å². The maximum absolute atomic E-state index is 6.52. The fourth-order valence-corrected chi connectivity index (χ4v) is 3.01. The lowest BCUT2D eigenvalue weighted by Crippen LogP contribution is -1.86. The zero-order valence-electron chi connectivity index (χ0n) is 12.5. The summed E-state index contributed by atoms with van der Waals surface area (Å²) in [4.78, 5) is 0. The summed E-state index contributed by atoms with van der Waals surface area (Å²) in [5, 5.41) is 1.20. The van der Waals surface area contributed by atoms with Gasteiger partial charge in [0.25, 0.3) is 0 Å². The van der Waals surface area contributed by atoms with E-state index in [0.717, 1.165) is 22.3 Å². The summed E-state index contributed by atoms with van der Waals surface area (Å²) < 4.78 is 0. The first-order chi connectivity index (χ1) is 10.6. The van der Waals surface area contributed by atoms with E-state index in [4.69, 9.17) is 23.2 Å². The minimum atomic E-state index is 0.601. The molecule has 2 heteroatoms. The van der Waals surface area contributed by atoms with Crippen LogP contribution in [0, 0.1) is 13.8 Å². The lowest BCUT2D eigenvalue weighted by atomic mass is 9.99. The van der Waals surface area contributed by atoms with E-state index >= 15 is 0 Å². The van der Waals surface area contributed by atoms with Crippen molar-refractivity contribution < 1.29 is 0 Å². The molecule has 3 aromatic rings. The van der Waals surface area contributed by atoms with E-state index < -0.39 is 0 Å². The third-order valence-corrected chi connectivity index (χ3v) is 4.69. The van der Waals surface area contributed by atoms with Crippen molar-refractivity contribution >= 4 is 23.2 Å². The van der Waals surface area contributed by atoms with Crippen molar-refractivity contribution in [1.82, 2.24) is 0 Å². The number of hydrogen-bond donors (Lipinski definition) is 0. The van der Waals surface area contributed by atoms with Gasteiger partial charge in [-0.3, -0.25) is 0 Å². The quantitative estimate of drug-likeness (QED) is 0.478. The molecular weight excluding hydrogens is 311 g/mol. The Labute approximate surface area is 141 Å². The molecule has 0 atom stereocenters. The van der Waals surface area contributed by atoms with Gasteiger partial charge in [0.05, 0.1) is 10.0 Å². The Bertz CT molecular complexity index is 730. The van der Waals surface area contributed by atoms with Gasteiger partial charge >= 0.3 is 0 Å². The smallest absolute Gasteiger partial charge is 0.0676 e. The Kier molecular flexibility index (Phi) is 4.24. The number of hydrogen-bond acceptors (Lipinski definition) is 0. The number of rotatable bonds is 2. The van der Waals surface area contributed by atoms with Crippen molar-refractivity contribution in [1.29, 1.82) is 0 Å². The van der Waals surface area contributed by atoms with Crippen LogP contribution in [0.15, 0.2) is 60.7 Å². The van der Waals surface area contributed by atoms with Gasteiger partial charge in [0.2, 0.25) is 0 Å². The van der Waals surface area contributed by atoms with Gasteiger partial charge in [-0.05, 0) is 25.0 Å². The zero-order valence-corrected chi connectivity index (χ0v) is 14.0. The van der Waals surface area contributed by atoms with Crippen LogP contribution in [0.2, 0.25) is 10.0 Å². The van der Waals surface area contributed by atoms with Crippen molar-refractivity contribution in [2.45, 2.75) is 13.8 Å². The van der Waals surface area contributed by atoms with E-state index in [2.05, 4.69) is 62.4 Å². The van der Waals surface area contributed by atoms with Gasteiger partial charge in [0.1, 0.15) is 0 Å². The summed E-state index contributed by atoms with van der Waals surface area (Å²) in [6.45, 7) is 4.14. The van der Waals surface area contributed by atoms with Gasteiger partial charge in [0, 0.05) is 11.1 Å². The highest BCUT2D eigenvalue weighted by Crippen LogP contribution is 2.40. The predicted octanol–water partition coefficient (Wildman–Crippen LogP) is 6.94. The molecule has 0 heterocycles. The zero-order chi connectivity index (χ0) is 15.7. The summed E-state index contributed by atoms with van der Waals surface area (Å²) in [5.74, 6) is 0. The largest absolute Gasteiger partial charge is 0.0820 e. The second-order valence-corrected chi connectivity index (χ2v) is 6.28. The van der Waals surface area contributed by atoms with Crippen LogP contribution in [0.5, 0.6) is 0 Å². The van der Waals surface area contributed by atoms with Crippen molar-refractivity contribution in [2.24, 2.45) is 0 Å². The number of benzene rings is 3. The molecule has 3 aromatic carbocycles. The van der Waals surface area contributed by atoms with Gasteiger partial charge in [0.15, 0.2) is 0 Å². The predicted molar refractivity (Wildman–Crippen MR) is 96.8 cm³/mol. The SMILES string of the molecule is Cc1ccc(-c2ccc(-c3ccc(C)cc3)c(Cl)c2Cl)cc1. The molecule has 0 unspecified atom stereocenters. The van der Waals surface area contributed by atoms with Gasteiger partial charge in [-0.15, -0.1) is 0 Å². The van der Waals surface area contributed by atoms with Gasteiger partial charge in [-0.2, -0.15) is 0 Å².